The molecule has 2 aromatic rings. The Morgan fingerprint density at radius 1 is 1.00 bits per heavy atom. The number of rotatable bonds is 6. The van der Waals surface area contributed by atoms with E-state index in [1.807, 2.05) is 50.2 Å². The van der Waals surface area contributed by atoms with Crippen molar-refractivity contribution in [1.29, 1.82) is 0 Å². The number of carbonyl (C=O) groups is 1. The SMILES string of the molecule is Cc1ccc(C(=O)CC(c2ccc(C)cc2)C(C)(C)[N+](=O)[O-])cc1. The van der Waals surface area contributed by atoms with Gasteiger partial charge in [0.2, 0.25) is 5.54 Å². The summed E-state index contributed by atoms with van der Waals surface area (Å²) in [6.45, 7) is 7.09. The third-order valence-corrected chi connectivity index (χ3v) is 4.57. The average Bonchev–Trinajstić information content (AvgIpc) is 2.53. The van der Waals surface area contributed by atoms with Crippen LogP contribution in [0.4, 0.5) is 0 Å². The van der Waals surface area contributed by atoms with E-state index in [1.54, 1.807) is 26.0 Å². The van der Waals surface area contributed by atoms with Gasteiger partial charge in [0.15, 0.2) is 5.78 Å². The number of benzene rings is 2. The van der Waals surface area contributed by atoms with Gasteiger partial charge in [-0.25, -0.2) is 0 Å². The predicted octanol–water partition coefficient (Wildman–Crippen LogP) is 4.72. The Bertz CT molecular complexity index is 730. The van der Waals surface area contributed by atoms with Crippen LogP contribution in [-0.4, -0.2) is 16.2 Å². The van der Waals surface area contributed by atoms with E-state index in [9.17, 15) is 14.9 Å². The minimum absolute atomic E-state index is 0.0736. The zero-order valence-electron chi connectivity index (χ0n) is 14.6. The van der Waals surface area contributed by atoms with Gasteiger partial charge in [-0.2, -0.15) is 0 Å². The Morgan fingerprint density at radius 3 is 1.92 bits per heavy atom. The topological polar surface area (TPSA) is 60.2 Å². The highest BCUT2D eigenvalue weighted by Crippen LogP contribution is 2.35. The third-order valence-electron chi connectivity index (χ3n) is 4.57. The van der Waals surface area contributed by atoms with Gasteiger partial charge in [-0.05, 0) is 19.4 Å². The zero-order chi connectivity index (χ0) is 17.9. The Morgan fingerprint density at radius 2 is 1.46 bits per heavy atom. The standard InChI is InChI=1S/C20H23NO3/c1-14-5-9-16(10-6-14)18(20(3,4)21(23)24)13-19(22)17-11-7-15(2)8-12-17/h5-12,18H,13H2,1-4H3. The number of hydrogen-bond donors (Lipinski definition) is 0. The van der Waals surface area contributed by atoms with E-state index in [1.165, 1.54) is 0 Å². The van der Waals surface area contributed by atoms with Crippen molar-refractivity contribution in [3.8, 4) is 0 Å². The number of carbonyl (C=O) groups excluding carboxylic acids is 1. The predicted molar refractivity (Wildman–Crippen MR) is 95.1 cm³/mol. The minimum Gasteiger partial charge on any atom is -0.294 e. The van der Waals surface area contributed by atoms with E-state index < -0.39 is 11.5 Å². The molecular weight excluding hydrogens is 302 g/mol. The lowest BCUT2D eigenvalue weighted by Crippen LogP contribution is -2.39. The number of nitro groups is 1. The third kappa shape index (κ3) is 3.88. The lowest BCUT2D eigenvalue weighted by Gasteiger charge is -2.27. The Kier molecular flexibility index (Phi) is 5.17. The van der Waals surface area contributed by atoms with Crippen LogP contribution in [0, 0.1) is 24.0 Å². The molecule has 0 bridgehead atoms. The molecular formula is C20H23NO3. The molecule has 0 saturated carbocycles. The van der Waals surface area contributed by atoms with Gasteiger partial charge in [-0.1, -0.05) is 59.7 Å². The highest BCUT2D eigenvalue weighted by Gasteiger charge is 2.42. The molecule has 0 aromatic heterocycles. The second kappa shape index (κ2) is 6.95. The van der Waals surface area contributed by atoms with Gasteiger partial charge in [0.1, 0.15) is 0 Å². The van der Waals surface area contributed by atoms with Gasteiger partial charge in [-0.3, -0.25) is 14.9 Å². The first-order chi connectivity index (χ1) is 11.2. The van der Waals surface area contributed by atoms with E-state index in [4.69, 9.17) is 0 Å². The van der Waals surface area contributed by atoms with E-state index in [0.29, 0.717) is 5.56 Å². The first kappa shape index (κ1) is 17.9. The van der Waals surface area contributed by atoms with Crippen molar-refractivity contribution in [3.05, 3.63) is 80.9 Å². The maximum Gasteiger partial charge on any atom is 0.223 e. The molecule has 0 heterocycles. The minimum atomic E-state index is -1.23. The van der Waals surface area contributed by atoms with Crippen molar-refractivity contribution in [2.75, 3.05) is 0 Å². The molecule has 0 saturated heterocycles. The first-order valence-corrected chi connectivity index (χ1v) is 8.02. The van der Waals surface area contributed by atoms with Crippen molar-refractivity contribution in [2.45, 2.75) is 45.6 Å². The normalized spacial score (nSPS) is 12.7. The summed E-state index contributed by atoms with van der Waals surface area (Å²) in [6, 6.07) is 14.9. The van der Waals surface area contributed by atoms with E-state index in [-0.39, 0.29) is 17.1 Å². The first-order valence-electron chi connectivity index (χ1n) is 8.02. The van der Waals surface area contributed by atoms with E-state index in [0.717, 1.165) is 16.7 Å². The molecule has 126 valence electrons. The Labute approximate surface area is 142 Å². The smallest absolute Gasteiger partial charge is 0.223 e. The molecule has 1 atom stereocenters. The van der Waals surface area contributed by atoms with Crippen LogP contribution in [0.2, 0.25) is 0 Å². The van der Waals surface area contributed by atoms with Crippen LogP contribution in [0.1, 0.15) is 53.2 Å². The molecule has 4 nitrogen and oxygen atoms in total. The van der Waals surface area contributed by atoms with Crippen LogP contribution >= 0.6 is 0 Å². The fraction of sp³-hybridized carbons (Fsp3) is 0.350. The van der Waals surface area contributed by atoms with Crippen molar-refractivity contribution in [3.63, 3.8) is 0 Å². The molecule has 0 amide bonds. The Balaban J connectivity index is 2.35. The fourth-order valence-corrected chi connectivity index (χ4v) is 2.74. The number of Topliss-reactive ketones (excluding diaryl/α,β-unsaturated/α-hetero) is 1. The number of nitrogens with zero attached hydrogens (tertiary/aromatic N) is 1. The van der Waals surface area contributed by atoms with Gasteiger partial charge in [0.25, 0.3) is 0 Å². The molecule has 2 rings (SSSR count). The molecule has 0 radical (unpaired) electrons. The summed E-state index contributed by atoms with van der Waals surface area (Å²) in [7, 11) is 0. The van der Waals surface area contributed by atoms with E-state index in [2.05, 4.69) is 0 Å². The second-order valence-corrected chi connectivity index (χ2v) is 6.87. The average molecular weight is 325 g/mol. The maximum atomic E-state index is 12.7. The molecule has 0 N–H and O–H groups in total. The van der Waals surface area contributed by atoms with Gasteiger partial charge < -0.3 is 0 Å². The van der Waals surface area contributed by atoms with Gasteiger partial charge in [-0.15, -0.1) is 0 Å². The Hall–Kier alpha value is -2.49. The lowest BCUT2D eigenvalue weighted by atomic mass is 9.78. The van der Waals surface area contributed by atoms with Crippen LogP contribution in [-0.2, 0) is 0 Å². The number of hydrogen-bond acceptors (Lipinski definition) is 3. The van der Waals surface area contributed by atoms with Crippen molar-refractivity contribution >= 4 is 5.78 Å². The molecule has 0 spiro atoms. The largest absolute Gasteiger partial charge is 0.294 e. The number of ketones is 1. The van der Waals surface area contributed by atoms with Gasteiger partial charge >= 0.3 is 0 Å². The van der Waals surface area contributed by atoms with Crippen molar-refractivity contribution < 1.29 is 9.72 Å². The van der Waals surface area contributed by atoms with Crippen LogP contribution in [0.15, 0.2) is 48.5 Å². The summed E-state index contributed by atoms with van der Waals surface area (Å²) in [6.07, 6.45) is 0.111. The summed E-state index contributed by atoms with van der Waals surface area (Å²) in [5, 5.41) is 11.6. The summed E-state index contributed by atoms with van der Waals surface area (Å²) in [4.78, 5) is 23.9. The zero-order valence-corrected chi connectivity index (χ0v) is 14.6. The van der Waals surface area contributed by atoms with Gasteiger partial charge in [0.05, 0.1) is 5.92 Å². The van der Waals surface area contributed by atoms with Crippen LogP contribution in [0.25, 0.3) is 0 Å². The number of aryl methyl sites for hydroxylation is 2. The van der Waals surface area contributed by atoms with Crippen molar-refractivity contribution in [1.82, 2.24) is 0 Å². The van der Waals surface area contributed by atoms with Crippen LogP contribution in [0.3, 0.4) is 0 Å². The van der Waals surface area contributed by atoms with E-state index >= 15 is 0 Å². The fourth-order valence-electron chi connectivity index (χ4n) is 2.74. The molecule has 2 aromatic carbocycles. The second-order valence-electron chi connectivity index (χ2n) is 6.87. The summed E-state index contributed by atoms with van der Waals surface area (Å²) in [5.41, 5.74) is 2.35. The summed E-state index contributed by atoms with van der Waals surface area (Å²) >= 11 is 0. The van der Waals surface area contributed by atoms with Crippen molar-refractivity contribution in [2.24, 2.45) is 0 Å². The maximum absolute atomic E-state index is 12.7. The molecule has 0 aliphatic rings. The molecule has 24 heavy (non-hydrogen) atoms. The van der Waals surface area contributed by atoms with Gasteiger partial charge in [0, 0.05) is 30.8 Å². The highest BCUT2D eigenvalue weighted by atomic mass is 16.6. The highest BCUT2D eigenvalue weighted by molar-refractivity contribution is 5.96. The summed E-state index contributed by atoms with van der Waals surface area (Å²) in [5.74, 6) is -0.558. The molecule has 0 aliphatic heterocycles. The molecule has 1 unspecified atom stereocenters. The van der Waals surface area contributed by atoms with Crippen LogP contribution < -0.4 is 0 Å². The van der Waals surface area contributed by atoms with Crippen LogP contribution in [0.5, 0.6) is 0 Å². The quantitative estimate of drug-likeness (QED) is 0.439. The molecule has 4 heteroatoms. The molecule has 0 fully saturated rings. The lowest BCUT2D eigenvalue weighted by molar-refractivity contribution is -0.565. The molecule has 0 aliphatic carbocycles. The monoisotopic (exact) mass is 325 g/mol. The summed E-state index contributed by atoms with van der Waals surface area (Å²) < 4.78 is 0.